The van der Waals surface area contributed by atoms with Gasteiger partial charge in [0.25, 0.3) is 0 Å². The van der Waals surface area contributed by atoms with Crippen molar-refractivity contribution >= 4 is 14.3 Å². The van der Waals surface area contributed by atoms with Crippen molar-refractivity contribution in [2.24, 2.45) is 0 Å². The zero-order valence-corrected chi connectivity index (χ0v) is 15.0. The molecule has 0 amide bonds. The van der Waals surface area contributed by atoms with Crippen LogP contribution in [0.2, 0.25) is 18.1 Å². The molecule has 0 aromatic carbocycles. The Balaban J connectivity index is 2.54. The quantitative estimate of drug-likeness (QED) is 0.455. The Kier molecular flexibility index (Phi) is 6.07. The fourth-order valence-corrected chi connectivity index (χ4v) is 2.43. The Morgan fingerprint density at radius 1 is 1.32 bits per heavy atom. The van der Waals surface area contributed by atoms with Crippen LogP contribution >= 0.6 is 0 Å². The number of hydrogen-bond donors (Lipinski definition) is 0. The molecule has 0 aliphatic carbocycles. The number of carbonyl (C=O) groups excluding carboxylic acids is 1. The highest BCUT2D eigenvalue weighted by Crippen LogP contribution is 2.36. The van der Waals surface area contributed by atoms with Crippen LogP contribution in [-0.4, -0.2) is 39.6 Å². The summed E-state index contributed by atoms with van der Waals surface area (Å²) in [5.41, 5.74) is -0.0927. The number of ether oxygens (including phenoxy) is 2. The molecule has 7 heteroatoms. The van der Waals surface area contributed by atoms with Crippen molar-refractivity contribution < 1.29 is 23.1 Å². The van der Waals surface area contributed by atoms with E-state index in [1.807, 2.05) is 0 Å². The number of methoxy groups -OCH3 is 1. The van der Waals surface area contributed by atoms with E-state index in [1.54, 1.807) is 0 Å². The minimum Gasteiger partial charge on any atom is -0.487 e. The van der Waals surface area contributed by atoms with Crippen LogP contribution < -0.4 is 4.74 Å². The lowest BCUT2D eigenvalue weighted by Crippen LogP contribution is -2.41. The number of aromatic nitrogens is 1. The molecular formula is C15H24FNO4Si. The normalized spacial score (nSPS) is 12.1. The predicted molar refractivity (Wildman–Crippen MR) is 84.2 cm³/mol. The maximum Gasteiger partial charge on any atom is 0.356 e. The van der Waals surface area contributed by atoms with Gasteiger partial charge in [-0.2, -0.15) is 0 Å². The van der Waals surface area contributed by atoms with E-state index in [1.165, 1.54) is 13.3 Å². The molecule has 0 spiro atoms. The zero-order chi connectivity index (χ0) is 17.0. The van der Waals surface area contributed by atoms with Gasteiger partial charge in [-0.05, 0) is 18.1 Å². The van der Waals surface area contributed by atoms with Crippen molar-refractivity contribution in [2.45, 2.75) is 38.9 Å². The molecular weight excluding hydrogens is 305 g/mol. The van der Waals surface area contributed by atoms with Crippen LogP contribution in [0.15, 0.2) is 12.3 Å². The van der Waals surface area contributed by atoms with Crippen molar-refractivity contribution in [1.29, 1.82) is 0 Å². The molecule has 0 radical (unpaired) electrons. The number of halogens is 1. The second-order valence-electron chi connectivity index (χ2n) is 6.45. The van der Waals surface area contributed by atoms with Gasteiger partial charge in [-0.3, -0.25) is 0 Å². The summed E-state index contributed by atoms with van der Waals surface area (Å²) in [5, 5.41) is 0.113. The third-order valence-electron chi connectivity index (χ3n) is 3.82. The minimum absolute atomic E-state index is 0.00788. The molecule has 0 atom stereocenters. The van der Waals surface area contributed by atoms with E-state index in [0.717, 1.165) is 6.07 Å². The molecule has 1 aromatic heterocycles. The molecule has 22 heavy (non-hydrogen) atoms. The number of nitrogens with zero attached hydrogens (tertiary/aromatic N) is 1. The van der Waals surface area contributed by atoms with Crippen LogP contribution in [0.3, 0.4) is 0 Å². The van der Waals surface area contributed by atoms with Gasteiger partial charge < -0.3 is 13.9 Å². The Morgan fingerprint density at radius 2 is 1.95 bits per heavy atom. The molecule has 0 aliphatic rings. The van der Waals surface area contributed by atoms with Crippen LogP contribution in [0.25, 0.3) is 0 Å². The van der Waals surface area contributed by atoms with Gasteiger partial charge in [-0.1, -0.05) is 20.8 Å². The molecule has 1 aromatic rings. The summed E-state index contributed by atoms with van der Waals surface area (Å²) in [6.45, 7) is 11.3. The van der Waals surface area contributed by atoms with Gasteiger partial charge >= 0.3 is 5.97 Å². The highest BCUT2D eigenvalue weighted by molar-refractivity contribution is 6.74. The first kappa shape index (κ1) is 18.6. The van der Waals surface area contributed by atoms with Crippen molar-refractivity contribution in [2.75, 3.05) is 20.3 Å². The molecule has 0 saturated heterocycles. The van der Waals surface area contributed by atoms with Crippen molar-refractivity contribution in [3.8, 4) is 5.75 Å². The molecule has 1 heterocycles. The summed E-state index contributed by atoms with van der Waals surface area (Å²) < 4.78 is 29.5. The van der Waals surface area contributed by atoms with E-state index >= 15 is 0 Å². The lowest BCUT2D eigenvalue weighted by Gasteiger charge is -2.36. The van der Waals surface area contributed by atoms with Gasteiger partial charge in [0.15, 0.2) is 25.6 Å². The predicted octanol–water partition coefficient (Wildman–Crippen LogP) is 3.41. The molecule has 0 saturated carbocycles. The lowest BCUT2D eigenvalue weighted by molar-refractivity contribution is 0.0593. The third kappa shape index (κ3) is 4.77. The third-order valence-corrected chi connectivity index (χ3v) is 8.36. The maximum atomic E-state index is 13.8. The number of pyridine rings is 1. The summed E-state index contributed by atoms with van der Waals surface area (Å²) in [4.78, 5) is 15.0. The fourth-order valence-electron chi connectivity index (χ4n) is 1.41. The number of rotatable bonds is 6. The van der Waals surface area contributed by atoms with Crippen molar-refractivity contribution in [3.05, 3.63) is 23.8 Å². The summed E-state index contributed by atoms with van der Waals surface area (Å²) in [5.74, 6) is -1.35. The van der Waals surface area contributed by atoms with E-state index in [4.69, 9.17) is 9.16 Å². The van der Waals surface area contributed by atoms with Crippen molar-refractivity contribution in [1.82, 2.24) is 4.98 Å². The SMILES string of the molecule is COC(=O)c1cc(F)c(OCCO[Si](C)(C)C(C)(C)C)cn1. The van der Waals surface area contributed by atoms with Gasteiger partial charge in [0.2, 0.25) is 0 Å². The minimum atomic E-state index is -1.84. The van der Waals surface area contributed by atoms with Gasteiger partial charge in [0.05, 0.1) is 19.9 Å². The van der Waals surface area contributed by atoms with E-state index < -0.39 is 20.1 Å². The first-order valence-corrected chi connectivity index (χ1v) is 10.00. The smallest absolute Gasteiger partial charge is 0.356 e. The van der Waals surface area contributed by atoms with Gasteiger partial charge in [-0.15, -0.1) is 0 Å². The summed E-state index contributed by atoms with van der Waals surface area (Å²) >= 11 is 0. The average molecular weight is 329 g/mol. The van der Waals surface area contributed by atoms with Crippen LogP contribution in [0.4, 0.5) is 4.39 Å². The van der Waals surface area contributed by atoms with E-state index in [9.17, 15) is 9.18 Å². The van der Waals surface area contributed by atoms with Gasteiger partial charge in [-0.25, -0.2) is 14.2 Å². The van der Waals surface area contributed by atoms with E-state index in [-0.39, 0.29) is 23.1 Å². The summed E-state index contributed by atoms with van der Waals surface area (Å²) in [7, 11) is -0.623. The van der Waals surface area contributed by atoms with Crippen LogP contribution in [0, 0.1) is 5.82 Å². The Hall–Kier alpha value is -1.47. The molecule has 0 aliphatic heterocycles. The Morgan fingerprint density at radius 3 is 2.45 bits per heavy atom. The highest BCUT2D eigenvalue weighted by atomic mass is 28.4. The van der Waals surface area contributed by atoms with Crippen LogP contribution in [-0.2, 0) is 9.16 Å². The van der Waals surface area contributed by atoms with Crippen LogP contribution in [0.1, 0.15) is 31.3 Å². The molecule has 0 N–H and O–H groups in total. The molecule has 1 rings (SSSR count). The first-order chi connectivity index (χ1) is 10.1. The molecule has 124 valence electrons. The summed E-state index contributed by atoms with van der Waals surface area (Å²) in [6, 6.07) is 0.996. The molecule has 0 fully saturated rings. The second-order valence-corrected chi connectivity index (χ2v) is 11.3. The standard InChI is InChI=1S/C15H24FNO4Si/c1-15(2,3)22(5,6)21-8-7-20-13-10-17-12(9-11(13)16)14(18)19-4/h9-10H,7-8H2,1-6H3. The number of hydrogen-bond acceptors (Lipinski definition) is 5. The van der Waals surface area contributed by atoms with E-state index in [0.29, 0.717) is 6.61 Å². The fraction of sp³-hybridized carbons (Fsp3) is 0.600. The molecule has 0 bridgehead atoms. The average Bonchev–Trinajstić information content (AvgIpc) is 2.42. The zero-order valence-electron chi connectivity index (χ0n) is 14.0. The van der Waals surface area contributed by atoms with Crippen molar-refractivity contribution in [3.63, 3.8) is 0 Å². The molecule has 5 nitrogen and oxygen atoms in total. The summed E-state index contributed by atoms with van der Waals surface area (Å²) in [6.07, 6.45) is 1.17. The van der Waals surface area contributed by atoms with E-state index in [2.05, 4.69) is 43.6 Å². The Labute approximate surface area is 131 Å². The topological polar surface area (TPSA) is 57.7 Å². The van der Waals surface area contributed by atoms with Gasteiger partial charge in [0.1, 0.15) is 6.61 Å². The maximum absolute atomic E-state index is 13.8. The second kappa shape index (κ2) is 7.19. The number of esters is 1. The van der Waals surface area contributed by atoms with Crippen LogP contribution in [0.5, 0.6) is 5.75 Å². The lowest BCUT2D eigenvalue weighted by atomic mass is 10.2. The highest BCUT2D eigenvalue weighted by Gasteiger charge is 2.36. The molecule has 0 unspecified atom stereocenters. The first-order valence-electron chi connectivity index (χ1n) is 7.09. The number of carbonyl (C=O) groups is 1. The van der Waals surface area contributed by atoms with Gasteiger partial charge in [0, 0.05) is 6.07 Å². The Bertz CT molecular complexity index is 529. The largest absolute Gasteiger partial charge is 0.487 e. The monoisotopic (exact) mass is 329 g/mol.